The van der Waals surface area contributed by atoms with E-state index in [1.54, 1.807) is 6.07 Å². The predicted octanol–water partition coefficient (Wildman–Crippen LogP) is 2.26. The molecule has 1 N–H and O–H groups in total. The van der Waals surface area contributed by atoms with E-state index in [9.17, 15) is 4.79 Å². The van der Waals surface area contributed by atoms with Crippen LogP contribution in [0.3, 0.4) is 0 Å². The Morgan fingerprint density at radius 2 is 1.86 bits per heavy atom. The zero-order valence-electron chi connectivity index (χ0n) is 12.5. The third kappa shape index (κ3) is 3.77. The van der Waals surface area contributed by atoms with E-state index in [-0.39, 0.29) is 18.3 Å². The Balaban J connectivity index is 0.00000161. The second-order valence-electron chi connectivity index (χ2n) is 6.04. The summed E-state index contributed by atoms with van der Waals surface area (Å²) in [4.78, 5) is 14.2. The summed E-state index contributed by atoms with van der Waals surface area (Å²) in [6, 6.07) is 1.72. The molecular formula is C15H24ClN3O2. The first-order valence-corrected chi connectivity index (χ1v) is 7.67. The van der Waals surface area contributed by atoms with Gasteiger partial charge >= 0.3 is 0 Å². The summed E-state index contributed by atoms with van der Waals surface area (Å²) in [6.07, 6.45) is 4.85. The maximum absolute atomic E-state index is 12.3. The molecule has 1 aromatic heterocycles. The van der Waals surface area contributed by atoms with Gasteiger partial charge in [-0.05, 0) is 57.5 Å². The number of rotatable bonds is 2. The first-order valence-electron chi connectivity index (χ1n) is 7.67. The van der Waals surface area contributed by atoms with Gasteiger partial charge in [-0.25, -0.2) is 0 Å². The standard InChI is InChI=1S/C15H23N3O2.ClH/c1-11-10-14(17-20-11)15(19)18-8-4-13(5-9-18)12-2-6-16-7-3-12;/h10,12-13,16H,2-9H2,1H3;1H. The molecule has 0 bridgehead atoms. The van der Waals surface area contributed by atoms with Crippen LogP contribution >= 0.6 is 12.4 Å². The van der Waals surface area contributed by atoms with Gasteiger partial charge in [0.1, 0.15) is 5.76 Å². The number of hydrogen-bond acceptors (Lipinski definition) is 4. The summed E-state index contributed by atoms with van der Waals surface area (Å²) >= 11 is 0. The number of aryl methyl sites for hydroxylation is 1. The van der Waals surface area contributed by atoms with Crippen LogP contribution in [0.1, 0.15) is 41.9 Å². The van der Waals surface area contributed by atoms with Gasteiger partial charge < -0.3 is 14.7 Å². The van der Waals surface area contributed by atoms with Crippen LogP contribution in [0, 0.1) is 18.8 Å². The van der Waals surface area contributed by atoms with Gasteiger partial charge in [-0.15, -0.1) is 12.4 Å². The first kappa shape index (κ1) is 16.3. The number of piperidine rings is 2. The van der Waals surface area contributed by atoms with Gasteiger partial charge in [-0.2, -0.15) is 0 Å². The van der Waals surface area contributed by atoms with E-state index >= 15 is 0 Å². The number of amides is 1. The van der Waals surface area contributed by atoms with Crippen molar-refractivity contribution < 1.29 is 9.32 Å². The molecule has 1 aromatic rings. The van der Waals surface area contributed by atoms with Crippen molar-refractivity contribution in [2.24, 2.45) is 11.8 Å². The Kier molecular flexibility index (Phi) is 5.65. The molecule has 0 atom stereocenters. The van der Waals surface area contributed by atoms with Crippen molar-refractivity contribution >= 4 is 18.3 Å². The van der Waals surface area contributed by atoms with Crippen LogP contribution in [0.2, 0.25) is 0 Å². The number of nitrogens with zero attached hydrogens (tertiary/aromatic N) is 2. The number of halogens is 1. The zero-order valence-corrected chi connectivity index (χ0v) is 13.3. The molecule has 2 saturated heterocycles. The molecule has 21 heavy (non-hydrogen) atoms. The molecular weight excluding hydrogens is 290 g/mol. The molecule has 2 aliphatic rings. The molecule has 2 aliphatic heterocycles. The molecule has 3 heterocycles. The van der Waals surface area contributed by atoms with E-state index in [4.69, 9.17) is 4.52 Å². The van der Waals surface area contributed by atoms with Crippen molar-refractivity contribution in [3.63, 3.8) is 0 Å². The number of carbonyl (C=O) groups is 1. The molecule has 0 radical (unpaired) electrons. The van der Waals surface area contributed by atoms with Gasteiger partial charge in [0.2, 0.25) is 0 Å². The summed E-state index contributed by atoms with van der Waals surface area (Å²) in [5, 5.41) is 7.25. The second kappa shape index (κ2) is 7.27. The molecule has 6 heteroatoms. The van der Waals surface area contributed by atoms with Crippen molar-refractivity contribution in [2.75, 3.05) is 26.2 Å². The van der Waals surface area contributed by atoms with Gasteiger partial charge in [-0.1, -0.05) is 5.16 Å². The van der Waals surface area contributed by atoms with E-state index < -0.39 is 0 Å². The van der Waals surface area contributed by atoms with Crippen molar-refractivity contribution in [1.29, 1.82) is 0 Å². The molecule has 118 valence electrons. The smallest absolute Gasteiger partial charge is 0.276 e. The normalized spacial score (nSPS) is 21.1. The van der Waals surface area contributed by atoms with Gasteiger partial charge in [0.05, 0.1) is 0 Å². The molecule has 0 aliphatic carbocycles. The van der Waals surface area contributed by atoms with Crippen molar-refractivity contribution in [1.82, 2.24) is 15.4 Å². The minimum Gasteiger partial charge on any atom is -0.361 e. The quantitative estimate of drug-likeness (QED) is 0.910. The Morgan fingerprint density at radius 3 is 2.43 bits per heavy atom. The van der Waals surface area contributed by atoms with Crippen molar-refractivity contribution in [3.8, 4) is 0 Å². The minimum absolute atomic E-state index is 0. The van der Waals surface area contributed by atoms with Gasteiger partial charge in [0, 0.05) is 19.2 Å². The molecule has 0 aromatic carbocycles. The number of aromatic nitrogens is 1. The number of hydrogen-bond donors (Lipinski definition) is 1. The van der Waals surface area contributed by atoms with Crippen molar-refractivity contribution in [2.45, 2.75) is 32.6 Å². The summed E-state index contributed by atoms with van der Waals surface area (Å²) < 4.78 is 4.99. The number of nitrogens with one attached hydrogen (secondary N) is 1. The van der Waals surface area contributed by atoms with Crippen LogP contribution < -0.4 is 5.32 Å². The highest BCUT2D eigenvalue weighted by atomic mass is 35.5. The molecule has 0 spiro atoms. The summed E-state index contributed by atoms with van der Waals surface area (Å²) in [6.45, 7) is 5.84. The van der Waals surface area contributed by atoms with Crippen LogP contribution in [0.4, 0.5) is 0 Å². The van der Waals surface area contributed by atoms with E-state index in [1.807, 2.05) is 11.8 Å². The monoisotopic (exact) mass is 313 g/mol. The fourth-order valence-electron chi connectivity index (χ4n) is 3.52. The van der Waals surface area contributed by atoms with E-state index in [2.05, 4.69) is 10.5 Å². The highest BCUT2D eigenvalue weighted by Gasteiger charge is 2.30. The molecule has 5 nitrogen and oxygen atoms in total. The average molecular weight is 314 g/mol. The maximum atomic E-state index is 12.3. The lowest BCUT2D eigenvalue weighted by atomic mass is 9.79. The summed E-state index contributed by atoms with van der Waals surface area (Å²) in [5.74, 6) is 2.35. The number of carbonyl (C=O) groups excluding carboxylic acids is 1. The minimum atomic E-state index is 0. The lowest BCUT2D eigenvalue weighted by Crippen LogP contribution is -2.42. The molecule has 0 unspecified atom stereocenters. The topological polar surface area (TPSA) is 58.4 Å². The molecule has 1 amide bonds. The van der Waals surface area contributed by atoms with Crippen LogP contribution in [-0.4, -0.2) is 42.1 Å². The highest BCUT2D eigenvalue weighted by molar-refractivity contribution is 5.92. The summed E-state index contributed by atoms with van der Waals surface area (Å²) in [7, 11) is 0. The van der Waals surface area contributed by atoms with Gasteiger partial charge in [0.25, 0.3) is 5.91 Å². The Bertz CT molecular complexity index is 463. The van der Waals surface area contributed by atoms with Gasteiger partial charge in [-0.3, -0.25) is 4.79 Å². The molecule has 3 rings (SSSR count). The molecule has 0 saturated carbocycles. The third-order valence-corrected chi connectivity index (χ3v) is 4.72. The van der Waals surface area contributed by atoms with E-state index in [0.29, 0.717) is 11.5 Å². The SMILES string of the molecule is Cc1cc(C(=O)N2CCC(C3CCNCC3)CC2)no1.Cl. The first-order chi connectivity index (χ1) is 9.74. The Morgan fingerprint density at radius 1 is 1.24 bits per heavy atom. The Hall–Kier alpha value is -1.07. The van der Waals surface area contributed by atoms with Crippen LogP contribution in [0.25, 0.3) is 0 Å². The zero-order chi connectivity index (χ0) is 13.9. The van der Waals surface area contributed by atoms with Crippen LogP contribution in [0.5, 0.6) is 0 Å². The van der Waals surface area contributed by atoms with Crippen LogP contribution in [-0.2, 0) is 0 Å². The maximum Gasteiger partial charge on any atom is 0.276 e. The number of likely N-dealkylation sites (tertiary alicyclic amines) is 1. The second-order valence-corrected chi connectivity index (χ2v) is 6.04. The fraction of sp³-hybridized carbons (Fsp3) is 0.733. The molecule has 2 fully saturated rings. The summed E-state index contributed by atoms with van der Waals surface area (Å²) in [5.41, 5.74) is 0.447. The average Bonchev–Trinajstić information content (AvgIpc) is 2.94. The lowest BCUT2D eigenvalue weighted by molar-refractivity contribution is 0.0632. The van der Waals surface area contributed by atoms with Crippen molar-refractivity contribution in [3.05, 3.63) is 17.5 Å². The lowest BCUT2D eigenvalue weighted by Gasteiger charge is -2.37. The highest BCUT2D eigenvalue weighted by Crippen LogP contribution is 2.31. The third-order valence-electron chi connectivity index (χ3n) is 4.72. The predicted molar refractivity (Wildman–Crippen MR) is 82.7 cm³/mol. The Labute approximate surface area is 131 Å². The van der Waals surface area contributed by atoms with E-state index in [0.717, 1.165) is 50.9 Å². The largest absolute Gasteiger partial charge is 0.361 e. The van der Waals surface area contributed by atoms with Gasteiger partial charge in [0.15, 0.2) is 5.69 Å². The fourth-order valence-corrected chi connectivity index (χ4v) is 3.52. The van der Waals surface area contributed by atoms with E-state index in [1.165, 1.54) is 12.8 Å². The van der Waals surface area contributed by atoms with Crippen LogP contribution in [0.15, 0.2) is 10.6 Å².